The molecule has 0 aliphatic heterocycles. The van der Waals surface area contributed by atoms with E-state index < -0.39 is 0 Å². The van der Waals surface area contributed by atoms with Crippen LogP contribution in [0.1, 0.15) is 25.7 Å². The van der Waals surface area contributed by atoms with Gasteiger partial charge in [0.15, 0.2) is 10.9 Å². The fourth-order valence-electron chi connectivity index (χ4n) is 1.64. The Bertz CT molecular complexity index is 284. The largest absolute Gasteiger partial charge is 0.487 e. The number of hydrogen-bond donors (Lipinski definition) is 0. The quantitative estimate of drug-likeness (QED) is 0.680. The molecule has 2 nitrogen and oxygen atoms in total. The summed E-state index contributed by atoms with van der Waals surface area (Å²) in [6.07, 6.45) is 6.84. The number of hydrogen-bond acceptors (Lipinski definition) is 2. The van der Waals surface area contributed by atoms with Gasteiger partial charge >= 0.3 is 0 Å². The lowest BCUT2D eigenvalue weighted by atomic mass is 10.3. The van der Waals surface area contributed by atoms with E-state index in [0.717, 1.165) is 18.6 Å². The van der Waals surface area contributed by atoms with E-state index in [0.29, 0.717) is 11.3 Å². The van der Waals surface area contributed by atoms with Crippen LogP contribution in [-0.4, -0.2) is 11.1 Å². The topological polar surface area (TPSA) is 22.1 Å². The SMILES string of the molecule is Clc1ncccc1OC1CCCC1. The lowest BCUT2D eigenvalue weighted by Gasteiger charge is -2.12. The number of halogens is 1. The summed E-state index contributed by atoms with van der Waals surface area (Å²) >= 11 is 5.87. The summed E-state index contributed by atoms with van der Waals surface area (Å²) in [7, 11) is 0. The number of rotatable bonds is 2. The van der Waals surface area contributed by atoms with Crippen LogP contribution in [0.2, 0.25) is 5.15 Å². The van der Waals surface area contributed by atoms with E-state index in [-0.39, 0.29) is 0 Å². The zero-order valence-electron chi connectivity index (χ0n) is 7.37. The van der Waals surface area contributed by atoms with Crippen molar-refractivity contribution < 1.29 is 4.74 Å². The molecule has 0 amide bonds. The molecule has 0 saturated heterocycles. The summed E-state index contributed by atoms with van der Waals surface area (Å²) in [5.41, 5.74) is 0. The molecule has 1 fully saturated rings. The molecule has 1 heterocycles. The van der Waals surface area contributed by atoms with Gasteiger partial charge in [-0.05, 0) is 37.8 Å². The third kappa shape index (κ3) is 2.13. The Morgan fingerprint density at radius 1 is 1.38 bits per heavy atom. The molecule has 1 saturated carbocycles. The van der Waals surface area contributed by atoms with Crippen LogP contribution in [0.25, 0.3) is 0 Å². The maximum absolute atomic E-state index is 5.87. The van der Waals surface area contributed by atoms with Gasteiger partial charge in [-0.15, -0.1) is 0 Å². The third-order valence-electron chi connectivity index (χ3n) is 2.32. The van der Waals surface area contributed by atoms with Crippen LogP contribution in [0.5, 0.6) is 5.75 Å². The van der Waals surface area contributed by atoms with Crippen LogP contribution in [0.15, 0.2) is 18.3 Å². The van der Waals surface area contributed by atoms with E-state index in [1.807, 2.05) is 12.1 Å². The minimum absolute atomic E-state index is 0.349. The molecule has 1 aromatic heterocycles. The summed E-state index contributed by atoms with van der Waals surface area (Å²) < 4.78 is 5.71. The lowest BCUT2D eigenvalue weighted by molar-refractivity contribution is 0.209. The molecule has 1 aliphatic rings. The number of nitrogens with zero attached hydrogens (tertiary/aromatic N) is 1. The zero-order valence-corrected chi connectivity index (χ0v) is 8.13. The van der Waals surface area contributed by atoms with Gasteiger partial charge in [0.1, 0.15) is 0 Å². The fourth-order valence-corrected chi connectivity index (χ4v) is 1.81. The van der Waals surface area contributed by atoms with Crippen molar-refractivity contribution in [3.05, 3.63) is 23.5 Å². The smallest absolute Gasteiger partial charge is 0.171 e. The molecule has 0 atom stereocenters. The Balaban J connectivity index is 2.04. The normalized spacial score (nSPS) is 17.6. The zero-order chi connectivity index (χ0) is 9.10. The van der Waals surface area contributed by atoms with Gasteiger partial charge in [-0.2, -0.15) is 0 Å². The Kier molecular flexibility index (Phi) is 2.69. The highest BCUT2D eigenvalue weighted by Crippen LogP contribution is 2.27. The van der Waals surface area contributed by atoms with Crippen LogP contribution < -0.4 is 4.74 Å². The lowest BCUT2D eigenvalue weighted by Crippen LogP contribution is -2.11. The van der Waals surface area contributed by atoms with Gasteiger partial charge in [0.25, 0.3) is 0 Å². The Morgan fingerprint density at radius 3 is 2.85 bits per heavy atom. The van der Waals surface area contributed by atoms with Crippen LogP contribution >= 0.6 is 11.6 Å². The monoisotopic (exact) mass is 197 g/mol. The molecule has 0 radical (unpaired) electrons. The van der Waals surface area contributed by atoms with Crippen molar-refractivity contribution in [2.75, 3.05) is 0 Å². The molecule has 2 rings (SSSR count). The second-order valence-corrected chi connectivity index (χ2v) is 3.67. The molecule has 0 aromatic carbocycles. The van der Waals surface area contributed by atoms with Crippen molar-refractivity contribution in [1.29, 1.82) is 0 Å². The third-order valence-corrected chi connectivity index (χ3v) is 2.60. The molecule has 70 valence electrons. The summed E-state index contributed by atoms with van der Waals surface area (Å²) in [4.78, 5) is 3.96. The number of ether oxygens (including phenoxy) is 1. The molecule has 0 unspecified atom stereocenters. The van der Waals surface area contributed by atoms with Gasteiger partial charge in [-0.1, -0.05) is 11.6 Å². The first kappa shape index (κ1) is 8.82. The van der Waals surface area contributed by atoms with Crippen molar-refractivity contribution in [3.63, 3.8) is 0 Å². The second kappa shape index (κ2) is 3.97. The first-order valence-electron chi connectivity index (χ1n) is 4.63. The van der Waals surface area contributed by atoms with E-state index in [9.17, 15) is 0 Å². The van der Waals surface area contributed by atoms with Crippen LogP contribution in [0, 0.1) is 0 Å². The molecule has 1 aromatic rings. The highest BCUT2D eigenvalue weighted by atomic mass is 35.5. The van der Waals surface area contributed by atoms with E-state index >= 15 is 0 Å². The summed E-state index contributed by atoms with van der Waals surface area (Å²) in [6, 6.07) is 3.71. The molecule has 0 spiro atoms. The van der Waals surface area contributed by atoms with Crippen molar-refractivity contribution in [2.45, 2.75) is 31.8 Å². The van der Waals surface area contributed by atoms with Gasteiger partial charge in [-0.3, -0.25) is 0 Å². The Morgan fingerprint density at radius 2 is 2.15 bits per heavy atom. The highest BCUT2D eigenvalue weighted by molar-refractivity contribution is 6.30. The summed E-state index contributed by atoms with van der Waals surface area (Å²) in [5.74, 6) is 0.719. The number of pyridine rings is 1. The maximum atomic E-state index is 5.87. The molecular formula is C10H12ClNO. The first-order valence-corrected chi connectivity index (χ1v) is 5.01. The molecule has 13 heavy (non-hydrogen) atoms. The summed E-state index contributed by atoms with van der Waals surface area (Å²) in [5, 5.41) is 0.467. The fraction of sp³-hybridized carbons (Fsp3) is 0.500. The van der Waals surface area contributed by atoms with Crippen molar-refractivity contribution >= 4 is 11.6 Å². The van der Waals surface area contributed by atoms with Gasteiger partial charge < -0.3 is 4.74 Å². The van der Waals surface area contributed by atoms with E-state index in [4.69, 9.17) is 16.3 Å². The van der Waals surface area contributed by atoms with Crippen molar-refractivity contribution in [1.82, 2.24) is 4.98 Å². The van der Waals surface area contributed by atoms with Crippen LogP contribution in [-0.2, 0) is 0 Å². The number of aromatic nitrogens is 1. The highest BCUT2D eigenvalue weighted by Gasteiger charge is 2.17. The summed E-state index contributed by atoms with van der Waals surface area (Å²) in [6.45, 7) is 0. The molecule has 0 bridgehead atoms. The van der Waals surface area contributed by atoms with Crippen LogP contribution in [0.4, 0.5) is 0 Å². The predicted molar refractivity (Wildman–Crippen MR) is 52.1 cm³/mol. The predicted octanol–water partition coefficient (Wildman–Crippen LogP) is 3.06. The molecule has 1 aliphatic carbocycles. The van der Waals surface area contributed by atoms with Crippen LogP contribution in [0.3, 0.4) is 0 Å². The van der Waals surface area contributed by atoms with E-state index in [1.54, 1.807) is 6.20 Å². The van der Waals surface area contributed by atoms with Gasteiger partial charge in [-0.25, -0.2) is 4.98 Å². The Labute approximate surface area is 82.9 Å². The first-order chi connectivity index (χ1) is 6.36. The minimum Gasteiger partial charge on any atom is -0.487 e. The van der Waals surface area contributed by atoms with Gasteiger partial charge in [0.2, 0.25) is 0 Å². The average Bonchev–Trinajstić information content (AvgIpc) is 2.61. The average molecular weight is 198 g/mol. The van der Waals surface area contributed by atoms with Crippen molar-refractivity contribution in [2.24, 2.45) is 0 Å². The molecule has 3 heteroatoms. The maximum Gasteiger partial charge on any atom is 0.171 e. The second-order valence-electron chi connectivity index (χ2n) is 3.32. The van der Waals surface area contributed by atoms with E-state index in [1.165, 1.54) is 12.8 Å². The van der Waals surface area contributed by atoms with E-state index in [2.05, 4.69) is 4.98 Å². The standard InChI is InChI=1S/C10H12ClNO/c11-10-9(6-3-7-12-10)13-8-4-1-2-5-8/h3,6-8H,1-2,4-5H2. The molecule has 0 N–H and O–H groups in total. The minimum atomic E-state index is 0.349. The Hall–Kier alpha value is -0.760. The van der Waals surface area contributed by atoms with Gasteiger partial charge in [0, 0.05) is 6.20 Å². The van der Waals surface area contributed by atoms with Crippen molar-refractivity contribution in [3.8, 4) is 5.75 Å². The molecular weight excluding hydrogens is 186 g/mol. The van der Waals surface area contributed by atoms with Gasteiger partial charge in [0.05, 0.1) is 6.10 Å².